The summed E-state index contributed by atoms with van der Waals surface area (Å²) in [5, 5.41) is 3.05. The summed E-state index contributed by atoms with van der Waals surface area (Å²) in [6.07, 6.45) is 4.80. The van der Waals surface area contributed by atoms with Crippen molar-refractivity contribution in [2.45, 2.75) is 25.0 Å². The zero-order valence-electron chi connectivity index (χ0n) is 14.5. The van der Waals surface area contributed by atoms with Crippen LogP contribution in [0, 0.1) is 5.92 Å². The number of thioether (sulfide) groups is 1. The molecule has 2 amide bonds. The topological polar surface area (TPSA) is 45.5 Å². The Kier molecular flexibility index (Phi) is 6.86. The summed E-state index contributed by atoms with van der Waals surface area (Å²) in [6, 6.07) is 14.3. The molecule has 0 bridgehead atoms. The van der Waals surface area contributed by atoms with Gasteiger partial charge in [-0.25, -0.2) is 4.79 Å². The van der Waals surface area contributed by atoms with E-state index in [9.17, 15) is 4.79 Å². The molecular formula is C20H26N2O2S. The Morgan fingerprint density at radius 1 is 1.16 bits per heavy atom. The van der Waals surface area contributed by atoms with E-state index in [1.165, 1.54) is 5.56 Å². The van der Waals surface area contributed by atoms with Crippen molar-refractivity contribution in [1.82, 2.24) is 10.2 Å². The van der Waals surface area contributed by atoms with Gasteiger partial charge in [-0.1, -0.05) is 30.3 Å². The van der Waals surface area contributed by atoms with Gasteiger partial charge >= 0.3 is 6.03 Å². The normalized spacial score (nSPS) is 15.3. The molecule has 2 heterocycles. The van der Waals surface area contributed by atoms with Crippen LogP contribution in [-0.2, 0) is 12.2 Å². The second-order valence-electron chi connectivity index (χ2n) is 6.49. The minimum atomic E-state index is 0.0811. The number of nitrogens with zero attached hydrogens (tertiary/aromatic N) is 1. The largest absolute Gasteiger partial charge is 0.468 e. The molecule has 2 aromatic rings. The van der Waals surface area contributed by atoms with Gasteiger partial charge in [0.1, 0.15) is 5.76 Å². The quantitative estimate of drug-likeness (QED) is 0.808. The summed E-state index contributed by atoms with van der Waals surface area (Å²) < 4.78 is 5.36. The third-order valence-corrected chi connectivity index (χ3v) is 5.81. The summed E-state index contributed by atoms with van der Waals surface area (Å²) in [7, 11) is 0. The fraction of sp³-hybridized carbons (Fsp3) is 0.450. The van der Waals surface area contributed by atoms with Crippen molar-refractivity contribution < 1.29 is 9.21 Å². The summed E-state index contributed by atoms with van der Waals surface area (Å²) >= 11 is 1.93. The third-order valence-electron chi connectivity index (χ3n) is 4.61. The fourth-order valence-corrected chi connectivity index (χ4v) is 4.24. The molecule has 1 aromatic carbocycles. The molecule has 0 aliphatic carbocycles. The maximum absolute atomic E-state index is 12.3. The van der Waals surface area contributed by atoms with Crippen LogP contribution in [0.3, 0.4) is 0 Å². The number of benzene rings is 1. The monoisotopic (exact) mass is 358 g/mol. The first kappa shape index (κ1) is 17.9. The first-order chi connectivity index (χ1) is 12.3. The number of hydrogen-bond acceptors (Lipinski definition) is 3. The summed E-state index contributed by atoms with van der Waals surface area (Å²) in [5.41, 5.74) is 1.26. The van der Waals surface area contributed by atoms with Crippen LogP contribution < -0.4 is 5.32 Å². The molecule has 134 valence electrons. The number of likely N-dealkylation sites (tertiary alicyclic amines) is 1. The van der Waals surface area contributed by atoms with Gasteiger partial charge < -0.3 is 14.6 Å². The molecule has 3 rings (SSSR count). The summed E-state index contributed by atoms with van der Waals surface area (Å²) in [5.74, 6) is 3.82. The highest BCUT2D eigenvalue weighted by Gasteiger charge is 2.22. The molecule has 0 spiro atoms. The van der Waals surface area contributed by atoms with Gasteiger partial charge in [-0.2, -0.15) is 11.8 Å². The van der Waals surface area contributed by atoms with Crippen molar-refractivity contribution in [1.29, 1.82) is 0 Å². The van der Waals surface area contributed by atoms with Crippen LogP contribution >= 0.6 is 11.8 Å². The summed E-state index contributed by atoms with van der Waals surface area (Å²) in [4.78, 5) is 14.2. The van der Waals surface area contributed by atoms with E-state index >= 15 is 0 Å². The van der Waals surface area contributed by atoms with E-state index in [1.807, 2.05) is 47.0 Å². The fourth-order valence-electron chi connectivity index (χ4n) is 3.09. The predicted octanol–water partition coefficient (Wildman–Crippen LogP) is 4.18. The van der Waals surface area contributed by atoms with Crippen molar-refractivity contribution in [3.8, 4) is 0 Å². The van der Waals surface area contributed by atoms with Crippen molar-refractivity contribution in [2.24, 2.45) is 5.92 Å². The molecule has 1 saturated heterocycles. The maximum atomic E-state index is 12.3. The average Bonchev–Trinajstić information content (AvgIpc) is 3.16. The highest BCUT2D eigenvalue weighted by atomic mass is 32.2. The molecule has 25 heavy (non-hydrogen) atoms. The van der Waals surface area contributed by atoms with Gasteiger partial charge in [0.05, 0.1) is 12.0 Å². The molecule has 0 saturated carbocycles. The van der Waals surface area contributed by atoms with E-state index in [0.29, 0.717) is 12.5 Å². The number of piperidine rings is 1. The highest BCUT2D eigenvalue weighted by molar-refractivity contribution is 7.98. The maximum Gasteiger partial charge on any atom is 0.317 e. The Labute approximate surface area is 154 Å². The molecule has 1 aliphatic heterocycles. The van der Waals surface area contributed by atoms with Gasteiger partial charge in [-0.05, 0) is 48.6 Å². The van der Waals surface area contributed by atoms with Crippen LogP contribution in [0.15, 0.2) is 53.1 Å². The number of carbonyl (C=O) groups is 1. The van der Waals surface area contributed by atoms with Gasteiger partial charge in [0.15, 0.2) is 0 Å². The number of hydrogen-bond donors (Lipinski definition) is 1. The van der Waals surface area contributed by atoms with Gasteiger partial charge in [0, 0.05) is 19.6 Å². The molecule has 0 unspecified atom stereocenters. The molecule has 1 aromatic heterocycles. The SMILES string of the molecule is O=C(NCCc1ccccc1)N1CCC(CSCc2ccco2)CC1. The van der Waals surface area contributed by atoms with Gasteiger partial charge in [0.25, 0.3) is 0 Å². The van der Waals surface area contributed by atoms with E-state index in [4.69, 9.17) is 4.42 Å². The predicted molar refractivity (Wildman–Crippen MR) is 103 cm³/mol. The zero-order valence-corrected chi connectivity index (χ0v) is 15.3. The van der Waals surface area contributed by atoms with E-state index in [1.54, 1.807) is 6.26 Å². The van der Waals surface area contributed by atoms with Crippen LogP contribution in [0.25, 0.3) is 0 Å². The summed E-state index contributed by atoms with van der Waals surface area (Å²) in [6.45, 7) is 2.42. The lowest BCUT2D eigenvalue weighted by Crippen LogP contribution is -2.45. The Bertz CT molecular complexity index is 622. The van der Waals surface area contributed by atoms with Crippen LogP contribution in [0.5, 0.6) is 0 Å². The van der Waals surface area contributed by atoms with Gasteiger partial charge in [0.2, 0.25) is 0 Å². The standard InChI is InChI=1S/C20H26N2O2S/c23-20(21-11-8-17-5-2-1-3-6-17)22-12-9-18(10-13-22)15-25-16-19-7-4-14-24-19/h1-7,14,18H,8-13,15-16H2,(H,21,23). The molecular weight excluding hydrogens is 332 g/mol. The Morgan fingerprint density at radius 3 is 2.68 bits per heavy atom. The van der Waals surface area contributed by atoms with Crippen molar-refractivity contribution in [3.63, 3.8) is 0 Å². The van der Waals surface area contributed by atoms with E-state index < -0.39 is 0 Å². The minimum Gasteiger partial charge on any atom is -0.468 e. The average molecular weight is 359 g/mol. The number of furan rings is 1. The lowest BCUT2D eigenvalue weighted by molar-refractivity contribution is 0.175. The van der Waals surface area contributed by atoms with Crippen LogP contribution in [0.1, 0.15) is 24.2 Å². The molecule has 1 fully saturated rings. The third kappa shape index (κ3) is 5.85. The number of nitrogens with one attached hydrogen (secondary N) is 1. The highest BCUT2D eigenvalue weighted by Crippen LogP contribution is 2.23. The lowest BCUT2D eigenvalue weighted by atomic mass is 9.99. The van der Waals surface area contributed by atoms with Crippen molar-refractivity contribution >= 4 is 17.8 Å². The molecule has 1 aliphatic rings. The molecule has 4 nitrogen and oxygen atoms in total. The number of carbonyl (C=O) groups excluding carboxylic acids is 1. The smallest absolute Gasteiger partial charge is 0.317 e. The zero-order chi connectivity index (χ0) is 17.3. The Hall–Kier alpha value is -1.88. The number of amides is 2. The Morgan fingerprint density at radius 2 is 1.96 bits per heavy atom. The van der Waals surface area contributed by atoms with Crippen LogP contribution in [-0.4, -0.2) is 36.3 Å². The van der Waals surface area contributed by atoms with Gasteiger partial charge in [-0.3, -0.25) is 0 Å². The minimum absolute atomic E-state index is 0.0811. The molecule has 5 heteroatoms. The van der Waals surface area contributed by atoms with Crippen LogP contribution in [0.4, 0.5) is 4.79 Å². The van der Waals surface area contributed by atoms with Gasteiger partial charge in [-0.15, -0.1) is 0 Å². The second kappa shape index (κ2) is 9.56. The molecule has 1 N–H and O–H groups in total. The second-order valence-corrected chi connectivity index (χ2v) is 7.52. The number of rotatable bonds is 7. The molecule has 0 atom stereocenters. The van der Waals surface area contributed by atoms with E-state index in [-0.39, 0.29) is 6.03 Å². The number of urea groups is 1. The van der Waals surface area contributed by atoms with Crippen molar-refractivity contribution in [3.05, 3.63) is 60.1 Å². The van der Waals surface area contributed by atoms with Crippen molar-refractivity contribution in [2.75, 3.05) is 25.4 Å². The molecule has 0 radical (unpaired) electrons. The van der Waals surface area contributed by atoms with E-state index in [2.05, 4.69) is 17.4 Å². The van der Waals surface area contributed by atoms with E-state index in [0.717, 1.165) is 49.6 Å². The Balaban J connectivity index is 1.29. The van der Waals surface area contributed by atoms with Crippen LogP contribution in [0.2, 0.25) is 0 Å². The lowest BCUT2D eigenvalue weighted by Gasteiger charge is -2.31. The first-order valence-corrected chi connectivity index (χ1v) is 10.1. The first-order valence-electron chi connectivity index (χ1n) is 8.98.